The first-order chi connectivity index (χ1) is 11.1. The summed E-state index contributed by atoms with van der Waals surface area (Å²) in [7, 11) is 0. The van der Waals surface area contributed by atoms with Crippen molar-refractivity contribution >= 4 is 35.2 Å². The van der Waals surface area contributed by atoms with Crippen LogP contribution in [-0.2, 0) is 10.5 Å². The van der Waals surface area contributed by atoms with Gasteiger partial charge in [0.15, 0.2) is 0 Å². The molecular weight excluding hydrogens is 332 g/mol. The molecule has 2 N–H and O–H groups in total. The maximum atomic E-state index is 12.0. The second-order valence-corrected chi connectivity index (χ2v) is 6.65. The van der Waals surface area contributed by atoms with E-state index in [9.17, 15) is 9.59 Å². The highest BCUT2D eigenvalue weighted by molar-refractivity contribution is 7.99. The monoisotopic (exact) mass is 348 g/mol. The van der Waals surface area contributed by atoms with E-state index in [0.717, 1.165) is 5.56 Å². The Morgan fingerprint density at radius 2 is 1.70 bits per heavy atom. The second kappa shape index (κ2) is 8.60. The van der Waals surface area contributed by atoms with Crippen molar-refractivity contribution < 1.29 is 9.59 Å². The minimum Gasteiger partial charge on any atom is -0.272 e. The molecule has 0 saturated heterocycles. The van der Waals surface area contributed by atoms with Crippen molar-refractivity contribution in [3.63, 3.8) is 0 Å². The van der Waals surface area contributed by atoms with Gasteiger partial charge >= 0.3 is 0 Å². The van der Waals surface area contributed by atoms with E-state index in [-0.39, 0.29) is 17.1 Å². The zero-order valence-corrected chi connectivity index (χ0v) is 14.2. The molecule has 0 aliphatic heterocycles. The molecule has 1 atom stereocenters. The van der Waals surface area contributed by atoms with E-state index in [4.69, 9.17) is 11.6 Å². The standard InChI is InChI=1S/C17H17ClN2O2S/c1-12(23-11-13-7-9-15(18)10-8-13)16(21)19-20-17(22)14-5-3-2-4-6-14/h2-10,12H,11H2,1H3,(H,19,21)(H,20,22)/t12-/m1/s1. The highest BCUT2D eigenvalue weighted by Crippen LogP contribution is 2.19. The number of rotatable bonds is 5. The fourth-order valence-corrected chi connectivity index (χ4v) is 2.73. The number of halogens is 1. The van der Waals surface area contributed by atoms with Gasteiger partial charge in [0.2, 0.25) is 0 Å². The van der Waals surface area contributed by atoms with Gasteiger partial charge in [-0.3, -0.25) is 20.4 Å². The fourth-order valence-electron chi connectivity index (χ4n) is 1.76. The van der Waals surface area contributed by atoms with Crippen LogP contribution in [0.25, 0.3) is 0 Å². The molecule has 0 radical (unpaired) electrons. The van der Waals surface area contributed by atoms with Gasteiger partial charge in [0.25, 0.3) is 11.8 Å². The van der Waals surface area contributed by atoms with Crippen LogP contribution in [0.15, 0.2) is 54.6 Å². The summed E-state index contributed by atoms with van der Waals surface area (Å²) < 4.78 is 0. The van der Waals surface area contributed by atoms with E-state index < -0.39 is 0 Å². The molecule has 0 fully saturated rings. The topological polar surface area (TPSA) is 58.2 Å². The number of carbonyl (C=O) groups is 2. The van der Waals surface area contributed by atoms with Crippen molar-refractivity contribution in [1.29, 1.82) is 0 Å². The number of benzene rings is 2. The predicted octanol–water partition coefficient (Wildman–Crippen LogP) is 3.42. The van der Waals surface area contributed by atoms with Crippen LogP contribution in [0.1, 0.15) is 22.8 Å². The van der Waals surface area contributed by atoms with Crippen molar-refractivity contribution in [3.05, 3.63) is 70.7 Å². The van der Waals surface area contributed by atoms with E-state index in [1.165, 1.54) is 11.8 Å². The number of amides is 2. The fraction of sp³-hybridized carbons (Fsp3) is 0.176. The molecule has 6 heteroatoms. The Kier molecular flexibility index (Phi) is 6.50. The SMILES string of the molecule is C[C@@H](SCc1ccc(Cl)cc1)C(=O)NNC(=O)c1ccccc1. The zero-order chi connectivity index (χ0) is 16.7. The van der Waals surface area contributed by atoms with Crippen LogP contribution in [0, 0.1) is 0 Å². The lowest BCUT2D eigenvalue weighted by Crippen LogP contribution is -2.44. The summed E-state index contributed by atoms with van der Waals surface area (Å²) in [6.07, 6.45) is 0. The molecule has 2 rings (SSSR count). The Bertz CT molecular complexity index is 662. The lowest BCUT2D eigenvalue weighted by atomic mass is 10.2. The second-order valence-electron chi connectivity index (χ2n) is 4.89. The van der Waals surface area contributed by atoms with Gasteiger partial charge in [-0.2, -0.15) is 0 Å². The summed E-state index contributed by atoms with van der Waals surface area (Å²) in [6.45, 7) is 1.80. The smallest absolute Gasteiger partial charge is 0.269 e. The summed E-state index contributed by atoms with van der Waals surface area (Å²) >= 11 is 7.32. The Morgan fingerprint density at radius 1 is 1.04 bits per heavy atom. The molecule has 0 aliphatic rings. The van der Waals surface area contributed by atoms with Crippen LogP contribution >= 0.6 is 23.4 Å². The maximum absolute atomic E-state index is 12.0. The number of hydrogen-bond donors (Lipinski definition) is 2. The Balaban J connectivity index is 1.76. The van der Waals surface area contributed by atoms with Crippen molar-refractivity contribution in [3.8, 4) is 0 Å². The Morgan fingerprint density at radius 3 is 2.35 bits per heavy atom. The van der Waals surface area contributed by atoms with Crippen LogP contribution in [0.4, 0.5) is 0 Å². The van der Waals surface area contributed by atoms with Crippen molar-refractivity contribution in [2.24, 2.45) is 0 Å². The quantitative estimate of drug-likeness (QED) is 0.814. The molecule has 4 nitrogen and oxygen atoms in total. The molecule has 2 aromatic carbocycles. The van der Waals surface area contributed by atoms with E-state index in [1.54, 1.807) is 31.2 Å². The third kappa shape index (κ3) is 5.62. The molecule has 0 spiro atoms. The molecule has 0 bridgehead atoms. The number of carbonyl (C=O) groups excluding carboxylic acids is 2. The predicted molar refractivity (Wildman–Crippen MR) is 94.3 cm³/mol. The third-order valence-corrected chi connectivity index (χ3v) is 4.58. The highest BCUT2D eigenvalue weighted by Gasteiger charge is 2.14. The molecule has 0 unspecified atom stereocenters. The van der Waals surface area contributed by atoms with Gasteiger partial charge in [-0.1, -0.05) is 41.9 Å². The average Bonchev–Trinajstić information content (AvgIpc) is 2.59. The molecule has 0 saturated carbocycles. The lowest BCUT2D eigenvalue weighted by Gasteiger charge is -2.13. The van der Waals surface area contributed by atoms with Crippen LogP contribution in [0.5, 0.6) is 0 Å². The summed E-state index contributed by atoms with van der Waals surface area (Å²) in [5.41, 5.74) is 6.45. The van der Waals surface area contributed by atoms with E-state index >= 15 is 0 Å². The van der Waals surface area contributed by atoms with E-state index in [1.807, 2.05) is 30.3 Å². The third-order valence-electron chi connectivity index (χ3n) is 3.12. The van der Waals surface area contributed by atoms with Crippen LogP contribution in [-0.4, -0.2) is 17.1 Å². The first-order valence-electron chi connectivity index (χ1n) is 7.07. The lowest BCUT2D eigenvalue weighted by molar-refractivity contribution is -0.121. The van der Waals surface area contributed by atoms with Gasteiger partial charge in [-0.25, -0.2) is 0 Å². The van der Waals surface area contributed by atoms with Gasteiger partial charge in [-0.05, 0) is 36.8 Å². The molecule has 120 valence electrons. The molecule has 23 heavy (non-hydrogen) atoms. The van der Waals surface area contributed by atoms with Crippen molar-refractivity contribution in [1.82, 2.24) is 10.9 Å². The van der Waals surface area contributed by atoms with Crippen molar-refractivity contribution in [2.45, 2.75) is 17.9 Å². The van der Waals surface area contributed by atoms with Gasteiger partial charge in [0, 0.05) is 16.3 Å². The van der Waals surface area contributed by atoms with Gasteiger partial charge in [-0.15, -0.1) is 11.8 Å². The van der Waals surface area contributed by atoms with Crippen LogP contribution in [0.2, 0.25) is 5.02 Å². The zero-order valence-electron chi connectivity index (χ0n) is 12.6. The molecule has 0 aromatic heterocycles. The molecule has 2 amide bonds. The normalized spacial score (nSPS) is 11.6. The van der Waals surface area contributed by atoms with E-state index in [0.29, 0.717) is 16.3 Å². The van der Waals surface area contributed by atoms with E-state index in [2.05, 4.69) is 10.9 Å². The summed E-state index contributed by atoms with van der Waals surface area (Å²) in [5, 5.41) is 0.398. The first kappa shape index (κ1) is 17.4. The molecule has 0 aliphatic carbocycles. The van der Waals surface area contributed by atoms with Crippen LogP contribution < -0.4 is 10.9 Å². The number of nitrogens with one attached hydrogen (secondary N) is 2. The molecular formula is C17H17ClN2O2S. The summed E-state index contributed by atoms with van der Waals surface area (Å²) in [4.78, 5) is 23.8. The van der Waals surface area contributed by atoms with Crippen LogP contribution in [0.3, 0.4) is 0 Å². The minimum absolute atomic E-state index is 0.242. The Hall–Kier alpha value is -1.98. The Labute approximate surface area is 144 Å². The number of hydrogen-bond acceptors (Lipinski definition) is 3. The molecule has 0 heterocycles. The summed E-state index contributed by atoms with van der Waals surface area (Å²) in [5.74, 6) is 0.111. The minimum atomic E-state index is -0.339. The maximum Gasteiger partial charge on any atom is 0.269 e. The highest BCUT2D eigenvalue weighted by atomic mass is 35.5. The average molecular weight is 349 g/mol. The molecule has 2 aromatic rings. The van der Waals surface area contributed by atoms with Crippen molar-refractivity contribution in [2.75, 3.05) is 0 Å². The summed E-state index contributed by atoms with van der Waals surface area (Å²) in [6, 6.07) is 16.2. The first-order valence-corrected chi connectivity index (χ1v) is 8.50. The van der Waals surface area contributed by atoms with Gasteiger partial charge < -0.3 is 0 Å². The van der Waals surface area contributed by atoms with Gasteiger partial charge in [0.1, 0.15) is 0 Å². The number of hydrazine groups is 1. The largest absolute Gasteiger partial charge is 0.272 e. The van der Waals surface area contributed by atoms with Gasteiger partial charge in [0.05, 0.1) is 5.25 Å². The number of thioether (sulfide) groups is 1.